The van der Waals surface area contributed by atoms with Crippen molar-refractivity contribution in [3.63, 3.8) is 0 Å². The second-order valence-corrected chi connectivity index (χ2v) is 5.03. The van der Waals surface area contributed by atoms with E-state index in [2.05, 4.69) is 31.9 Å². The highest BCUT2D eigenvalue weighted by molar-refractivity contribution is 6.30. The molecule has 0 radical (unpaired) electrons. The van der Waals surface area contributed by atoms with Crippen LogP contribution in [0.1, 0.15) is 19.4 Å². The number of hydrogen-bond donors (Lipinski definition) is 1. The van der Waals surface area contributed by atoms with Crippen LogP contribution in [0.3, 0.4) is 0 Å². The lowest BCUT2D eigenvalue weighted by molar-refractivity contribution is 0.190. The van der Waals surface area contributed by atoms with Crippen LogP contribution in [0, 0.1) is 5.92 Å². The summed E-state index contributed by atoms with van der Waals surface area (Å²) in [6, 6.07) is 8.40. The molecule has 0 saturated carbocycles. The molecule has 0 aromatic heterocycles. The van der Waals surface area contributed by atoms with Crippen molar-refractivity contribution in [3.05, 3.63) is 34.9 Å². The van der Waals surface area contributed by atoms with Crippen LogP contribution in [0.25, 0.3) is 0 Å². The summed E-state index contributed by atoms with van der Waals surface area (Å²) in [7, 11) is 2.11. The lowest BCUT2D eigenvalue weighted by Crippen LogP contribution is -2.41. The van der Waals surface area contributed by atoms with Crippen LogP contribution in [0.5, 0.6) is 0 Å². The number of likely N-dealkylation sites (N-methyl/N-ethyl adjacent to an activating group) is 1. The van der Waals surface area contributed by atoms with Gasteiger partial charge in [0, 0.05) is 24.2 Å². The van der Waals surface area contributed by atoms with Crippen molar-refractivity contribution in [2.45, 2.75) is 26.4 Å². The fourth-order valence-corrected chi connectivity index (χ4v) is 2.21. The summed E-state index contributed by atoms with van der Waals surface area (Å²) in [4.78, 5) is 2.29. The van der Waals surface area contributed by atoms with Gasteiger partial charge in [0.2, 0.25) is 0 Å². The summed E-state index contributed by atoms with van der Waals surface area (Å²) >= 11 is 5.96. The van der Waals surface area contributed by atoms with Gasteiger partial charge in [-0.15, -0.1) is 0 Å². The zero-order valence-corrected chi connectivity index (χ0v) is 11.0. The quantitative estimate of drug-likeness (QED) is 0.858. The first-order chi connectivity index (χ1) is 7.54. The first kappa shape index (κ1) is 13.5. The van der Waals surface area contributed by atoms with Crippen molar-refractivity contribution in [1.82, 2.24) is 4.90 Å². The predicted molar refractivity (Wildman–Crippen MR) is 70.6 cm³/mol. The molecule has 0 saturated heterocycles. The second kappa shape index (κ2) is 6.24. The lowest BCUT2D eigenvalue weighted by atomic mass is 10.0. The number of nitrogens with zero attached hydrogens (tertiary/aromatic N) is 1. The Morgan fingerprint density at radius 1 is 1.38 bits per heavy atom. The van der Waals surface area contributed by atoms with E-state index in [9.17, 15) is 0 Å². The first-order valence-corrected chi connectivity index (χ1v) is 6.07. The average Bonchev–Trinajstić information content (AvgIpc) is 2.17. The normalized spacial score (nSPS) is 13.4. The lowest BCUT2D eigenvalue weighted by Gasteiger charge is -2.30. The molecule has 1 atom stereocenters. The van der Waals surface area contributed by atoms with Gasteiger partial charge in [-0.25, -0.2) is 0 Å². The highest BCUT2D eigenvalue weighted by Gasteiger charge is 2.16. The van der Waals surface area contributed by atoms with E-state index in [1.54, 1.807) is 0 Å². The van der Waals surface area contributed by atoms with Gasteiger partial charge < -0.3 is 5.73 Å². The van der Waals surface area contributed by atoms with Crippen LogP contribution in [0.2, 0.25) is 5.02 Å². The first-order valence-electron chi connectivity index (χ1n) is 5.69. The zero-order valence-electron chi connectivity index (χ0n) is 10.3. The Bertz CT molecular complexity index is 325. The van der Waals surface area contributed by atoms with Crippen molar-refractivity contribution < 1.29 is 0 Å². The molecule has 0 aliphatic carbocycles. The molecule has 0 bridgehead atoms. The smallest absolute Gasteiger partial charge is 0.0409 e. The van der Waals surface area contributed by atoms with E-state index in [4.69, 9.17) is 17.3 Å². The molecule has 0 spiro atoms. The third kappa shape index (κ3) is 3.78. The molecule has 1 aromatic carbocycles. The summed E-state index contributed by atoms with van der Waals surface area (Å²) in [5.41, 5.74) is 7.02. The Balaban J connectivity index is 2.66. The summed E-state index contributed by atoms with van der Waals surface area (Å²) in [5.74, 6) is 0.564. The van der Waals surface area contributed by atoms with Crippen molar-refractivity contribution >= 4 is 11.6 Å². The molecular formula is C13H21ClN2. The average molecular weight is 241 g/mol. The molecule has 2 nitrogen and oxygen atoms in total. The van der Waals surface area contributed by atoms with Gasteiger partial charge in [-0.05, 0) is 30.7 Å². The highest BCUT2D eigenvalue weighted by atomic mass is 35.5. The van der Waals surface area contributed by atoms with Crippen LogP contribution in [-0.2, 0) is 6.54 Å². The molecule has 0 aliphatic heterocycles. The second-order valence-electron chi connectivity index (χ2n) is 4.59. The molecule has 0 aliphatic rings. The van der Waals surface area contributed by atoms with Crippen molar-refractivity contribution in [1.29, 1.82) is 0 Å². The van der Waals surface area contributed by atoms with E-state index in [0.717, 1.165) is 11.6 Å². The third-order valence-corrected chi connectivity index (χ3v) is 3.13. The number of halogens is 1. The Morgan fingerprint density at radius 2 is 2.06 bits per heavy atom. The van der Waals surface area contributed by atoms with Crippen LogP contribution in [0.15, 0.2) is 24.3 Å². The number of rotatable bonds is 5. The largest absolute Gasteiger partial charge is 0.329 e. The molecule has 0 amide bonds. The van der Waals surface area contributed by atoms with Gasteiger partial charge in [-0.1, -0.05) is 37.6 Å². The Labute approximate surface area is 103 Å². The van der Waals surface area contributed by atoms with E-state index in [1.807, 2.05) is 18.2 Å². The molecular weight excluding hydrogens is 220 g/mol. The van der Waals surface area contributed by atoms with Crippen LogP contribution < -0.4 is 5.73 Å². The summed E-state index contributed by atoms with van der Waals surface area (Å²) < 4.78 is 0. The molecule has 0 heterocycles. The summed E-state index contributed by atoms with van der Waals surface area (Å²) in [6.07, 6.45) is 0. The SMILES string of the molecule is CC(C)C(CN)N(C)Cc1cccc(Cl)c1. The minimum absolute atomic E-state index is 0.416. The molecule has 0 fully saturated rings. The van der Waals surface area contributed by atoms with Crippen molar-refractivity contribution in [3.8, 4) is 0 Å². The van der Waals surface area contributed by atoms with Gasteiger partial charge in [0.25, 0.3) is 0 Å². The summed E-state index contributed by atoms with van der Waals surface area (Å²) in [5, 5.41) is 0.791. The van der Waals surface area contributed by atoms with Crippen LogP contribution in [0.4, 0.5) is 0 Å². The highest BCUT2D eigenvalue weighted by Crippen LogP contribution is 2.15. The standard InChI is InChI=1S/C13H21ClN2/c1-10(2)13(8-15)16(3)9-11-5-4-6-12(14)7-11/h4-7,10,13H,8-9,15H2,1-3H3. The van der Waals surface area contributed by atoms with Gasteiger partial charge in [-0.3, -0.25) is 4.90 Å². The molecule has 1 unspecified atom stereocenters. The van der Waals surface area contributed by atoms with Gasteiger partial charge in [0.1, 0.15) is 0 Å². The van der Waals surface area contributed by atoms with Gasteiger partial charge >= 0.3 is 0 Å². The maximum Gasteiger partial charge on any atom is 0.0409 e. The number of hydrogen-bond acceptors (Lipinski definition) is 2. The Hall–Kier alpha value is -0.570. The fraction of sp³-hybridized carbons (Fsp3) is 0.538. The van der Waals surface area contributed by atoms with E-state index in [-0.39, 0.29) is 0 Å². The molecule has 16 heavy (non-hydrogen) atoms. The van der Waals surface area contributed by atoms with Crippen molar-refractivity contribution in [2.75, 3.05) is 13.6 Å². The van der Waals surface area contributed by atoms with E-state index < -0.39 is 0 Å². The maximum absolute atomic E-state index is 5.96. The predicted octanol–water partition coefficient (Wildman–Crippen LogP) is 2.76. The van der Waals surface area contributed by atoms with Gasteiger partial charge in [0.05, 0.1) is 0 Å². The topological polar surface area (TPSA) is 29.3 Å². The van der Waals surface area contributed by atoms with Crippen LogP contribution >= 0.6 is 11.6 Å². The number of benzene rings is 1. The van der Waals surface area contributed by atoms with Gasteiger partial charge in [0.15, 0.2) is 0 Å². The monoisotopic (exact) mass is 240 g/mol. The molecule has 90 valence electrons. The Morgan fingerprint density at radius 3 is 2.56 bits per heavy atom. The van der Waals surface area contributed by atoms with Gasteiger partial charge in [-0.2, -0.15) is 0 Å². The van der Waals surface area contributed by atoms with E-state index in [1.165, 1.54) is 5.56 Å². The fourth-order valence-electron chi connectivity index (χ4n) is 2.00. The number of nitrogens with two attached hydrogens (primary N) is 1. The maximum atomic E-state index is 5.96. The minimum atomic E-state index is 0.416. The molecule has 3 heteroatoms. The van der Waals surface area contributed by atoms with E-state index in [0.29, 0.717) is 18.5 Å². The Kier molecular flexibility index (Phi) is 5.26. The zero-order chi connectivity index (χ0) is 12.1. The van der Waals surface area contributed by atoms with Crippen LogP contribution in [-0.4, -0.2) is 24.5 Å². The third-order valence-electron chi connectivity index (χ3n) is 2.90. The van der Waals surface area contributed by atoms with E-state index >= 15 is 0 Å². The minimum Gasteiger partial charge on any atom is -0.329 e. The molecule has 1 rings (SSSR count). The molecule has 1 aromatic rings. The summed E-state index contributed by atoms with van der Waals surface area (Å²) in [6.45, 7) is 5.98. The van der Waals surface area contributed by atoms with Crippen molar-refractivity contribution in [2.24, 2.45) is 11.7 Å². The molecule has 2 N–H and O–H groups in total.